The molecule has 1 spiro atoms. The Hall–Kier alpha value is -3.38. The largest absolute Gasteiger partial charge is 0.416 e. The van der Waals surface area contributed by atoms with Gasteiger partial charge in [0.15, 0.2) is 5.65 Å². The van der Waals surface area contributed by atoms with Crippen LogP contribution in [0.3, 0.4) is 0 Å². The van der Waals surface area contributed by atoms with Crippen LogP contribution < -0.4 is 9.80 Å². The van der Waals surface area contributed by atoms with E-state index in [0.717, 1.165) is 23.0 Å². The molecular formula is C23H24F5N7O. The summed E-state index contributed by atoms with van der Waals surface area (Å²) in [4.78, 5) is 29.6. The highest BCUT2D eigenvalue weighted by atomic mass is 19.4. The highest BCUT2D eigenvalue weighted by Crippen LogP contribution is 2.54. The summed E-state index contributed by atoms with van der Waals surface area (Å²) in [5.74, 6) is 0.248. The number of amides is 1. The first-order chi connectivity index (χ1) is 16.9. The molecular weight excluding hydrogens is 485 g/mol. The van der Waals surface area contributed by atoms with Crippen LogP contribution in [0.2, 0.25) is 0 Å². The van der Waals surface area contributed by atoms with Gasteiger partial charge in [-0.15, -0.1) is 0 Å². The average Bonchev–Trinajstić information content (AvgIpc) is 3.30. The zero-order valence-corrected chi connectivity index (χ0v) is 19.6. The molecule has 8 nitrogen and oxygen atoms in total. The van der Waals surface area contributed by atoms with Crippen molar-refractivity contribution in [1.82, 2.24) is 24.7 Å². The molecule has 2 aliphatic rings. The van der Waals surface area contributed by atoms with Gasteiger partial charge in [-0.2, -0.15) is 18.3 Å². The summed E-state index contributed by atoms with van der Waals surface area (Å²) >= 11 is 0. The van der Waals surface area contributed by atoms with Crippen molar-refractivity contribution < 1.29 is 26.7 Å². The molecule has 2 saturated heterocycles. The van der Waals surface area contributed by atoms with E-state index in [1.54, 1.807) is 6.20 Å². The van der Waals surface area contributed by atoms with E-state index in [1.165, 1.54) is 11.1 Å². The molecule has 2 aliphatic heterocycles. The van der Waals surface area contributed by atoms with Crippen molar-refractivity contribution >= 4 is 28.7 Å². The standard InChI is InChI=1S/C23H24F5N7O/c1-21(2)20(36)34(17-9-14(3-6-29-17)23(26,27)28)13-22(21)4-7-33(8-5-22)18-11-30-15-10-31-35(12-16(24)25)19(15)32-18/h3,6,9-11,16H,4-5,7-8,12-13H2,1-2H3. The second kappa shape index (κ2) is 8.34. The van der Waals surface area contributed by atoms with Gasteiger partial charge in [0.05, 0.1) is 23.4 Å². The molecule has 0 unspecified atom stereocenters. The summed E-state index contributed by atoms with van der Waals surface area (Å²) in [6.45, 7) is 4.36. The second-order valence-corrected chi connectivity index (χ2v) is 9.84. The van der Waals surface area contributed by atoms with Gasteiger partial charge in [-0.1, -0.05) is 13.8 Å². The number of hydrogen-bond acceptors (Lipinski definition) is 6. The van der Waals surface area contributed by atoms with E-state index >= 15 is 0 Å². The molecule has 0 aromatic carbocycles. The quantitative estimate of drug-likeness (QED) is 0.492. The number of pyridine rings is 1. The smallest absolute Gasteiger partial charge is 0.355 e. The van der Waals surface area contributed by atoms with Gasteiger partial charge in [-0.3, -0.25) is 9.69 Å². The zero-order chi connectivity index (χ0) is 25.9. The minimum Gasteiger partial charge on any atom is -0.355 e. The molecule has 0 bridgehead atoms. The van der Waals surface area contributed by atoms with Crippen molar-refractivity contribution in [2.75, 3.05) is 29.4 Å². The number of alkyl halides is 5. The monoisotopic (exact) mass is 509 g/mol. The minimum absolute atomic E-state index is 0.00850. The summed E-state index contributed by atoms with van der Waals surface area (Å²) in [6.07, 6.45) is -1.92. The van der Waals surface area contributed by atoms with Crippen LogP contribution in [0.25, 0.3) is 11.2 Å². The Labute approximate surface area is 203 Å². The van der Waals surface area contributed by atoms with Crippen molar-refractivity contribution in [1.29, 1.82) is 0 Å². The van der Waals surface area contributed by atoms with Crippen LogP contribution >= 0.6 is 0 Å². The van der Waals surface area contributed by atoms with E-state index in [0.29, 0.717) is 37.3 Å². The highest BCUT2D eigenvalue weighted by molar-refractivity contribution is 6.00. The molecule has 0 saturated carbocycles. The molecule has 3 aromatic heterocycles. The molecule has 1 amide bonds. The van der Waals surface area contributed by atoms with E-state index in [-0.39, 0.29) is 23.9 Å². The zero-order valence-electron chi connectivity index (χ0n) is 19.6. The fourth-order valence-corrected chi connectivity index (χ4v) is 5.27. The number of piperidine rings is 1. The van der Waals surface area contributed by atoms with Crippen molar-refractivity contribution in [3.63, 3.8) is 0 Å². The molecule has 13 heteroatoms. The van der Waals surface area contributed by atoms with Crippen LogP contribution in [0.15, 0.2) is 30.7 Å². The molecule has 2 fully saturated rings. The Balaban J connectivity index is 1.37. The molecule has 3 aromatic rings. The van der Waals surface area contributed by atoms with Crippen LogP contribution in [-0.4, -0.2) is 56.7 Å². The summed E-state index contributed by atoms with van der Waals surface area (Å²) in [5, 5.41) is 3.94. The third-order valence-electron chi connectivity index (χ3n) is 7.60. The highest BCUT2D eigenvalue weighted by Gasteiger charge is 2.59. The maximum Gasteiger partial charge on any atom is 0.416 e. The fourth-order valence-electron chi connectivity index (χ4n) is 5.27. The lowest BCUT2D eigenvalue weighted by atomic mass is 9.62. The molecule has 192 valence electrons. The van der Waals surface area contributed by atoms with Crippen molar-refractivity contribution in [3.8, 4) is 0 Å². The van der Waals surface area contributed by atoms with Gasteiger partial charge < -0.3 is 4.90 Å². The van der Waals surface area contributed by atoms with Gasteiger partial charge in [0.2, 0.25) is 5.91 Å². The van der Waals surface area contributed by atoms with E-state index in [1.807, 2.05) is 18.7 Å². The molecule has 0 radical (unpaired) electrons. The molecule has 5 heterocycles. The second-order valence-electron chi connectivity index (χ2n) is 9.84. The Morgan fingerprint density at radius 3 is 2.47 bits per heavy atom. The van der Waals surface area contributed by atoms with E-state index in [2.05, 4.69) is 20.1 Å². The predicted octanol–water partition coefficient (Wildman–Crippen LogP) is 4.16. The maximum atomic E-state index is 13.4. The van der Waals surface area contributed by atoms with Gasteiger partial charge in [-0.05, 0) is 25.0 Å². The lowest BCUT2D eigenvalue weighted by molar-refractivity contribution is -0.137. The van der Waals surface area contributed by atoms with Gasteiger partial charge >= 0.3 is 6.18 Å². The third kappa shape index (κ3) is 3.94. The number of halogens is 5. The summed E-state index contributed by atoms with van der Waals surface area (Å²) in [5.41, 5.74) is -1.47. The van der Waals surface area contributed by atoms with Crippen molar-refractivity contribution in [2.45, 2.75) is 45.8 Å². The van der Waals surface area contributed by atoms with Crippen LogP contribution in [0.4, 0.5) is 33.6 Å². The number of carbonyl (C=O) groups is 1. The minimum atomic E-state index is -4.54. The van der Waals surface area contributed by atoms with Gasteiger partial charge in [0.1, 0.15) is 23.7 Å². The van der Waals surface area contributed by atoms with Crippen LogP contribution in [0, 0.1) is 10.8 Å². The average molecular weight is 509 g/mol. The fraction of sp³-hybridized carbons (Fsp3) is 0.522. The molecule has 5 rings (SSSR count). The van der Waals surface area contributed by atoms with E-state index in [9.17, 15) is 26.7 Å². The number of fused-ring (bicyclic) bond motifs is 1. The van der Waals surface area contributed by atoms with Crippen molar-refractivity contribution in [3.05, 3.63) is 36.3 Å². The normalized spacial score (nSPS) is 19.7. The Morgan fingerprint density at radius 2 is 1.81 bits per heavy atom. The predicted molar refractivity (Wildman–Crippen MR) is 121 cm³/mol. The number of nitrogens with zero attached hydrogens (tertiary/aromatic N) is 7. The Bertz CT molecular complexity index is 1300. The summed E-state index contributed by atoms with van der Waals surface area (Å²) in [7, 11) is 0. The van der Waals surface area contributed by atoms with Crippen LogP contribution in [0.5, 0.6) is 0 Å². The number of rotatable bonds is 4. The lowest BCUT2D eigenvalue weighted by Crippen LogP contribution is -2.48. The molecule has 0 aliphatic carbocycles. The first-order valence-corrected chi connectivity index (χ1v) is 11.5. The molecule has 36 heavy (non-hydrogen) atoms. The maximum absolute atomic E-state index is 13.4. The number of aromatic nitrogens is 5. The molecule has 0 N–H and O–H groups in total. The first kappa shape index (κ1) is 24.3. The molecule has 0 atom stereocenters. The van der Waals surface area contributed by atoms with Gasteiger partial charge in [0, 0.05) is 31.2 Å². The van der Waals surface area contributed by atoms with Crippen molar-refractivity contribution in [2.24, 2.45) is 10.8 Å². The van der Waals surface area contributed by atoms with Crippen LogP contribution in [-0.2, 0) is 17.5 Å². The topological polar surface area (TPSA) is 80.0 Å². The summed E-state index contributed by atoms with van der Waals surface area (Å²) in [6, 6.07) is 1.80. The Morgan fingerprint density at radius 1 is 1.08 bits per heavy atom. The van der Waals surface area contributed by atoms with E-state index < -0.39 is 35.5 Å². The lowest BCUT2D eigenvalue weighted by Gasteiger charge is -2.45. The van der Waals surface area contributed by atoms with Gasteiger partial charge in [-0.25, -0.2) is 28.4 Å². The third-order valence-corrected chi connectivity index (χ3v) is 7.60. The van der Waals surface area contributed by atoms with E-state index in [4.69, 9.17) is 0 Å². The number of anilines is 2. The Kier molecular flexibility index (Phi) is 5.63. The SMILES string of the molecule is CC1(C)C(=O)N(c2cc(C(F)(F)F)ccn2)CC12CCN(c1cnc3cnn(CC(F)F)c3n1)CC2. The number of carbonyl (C=O) groups excluding carboxylic acids is 1. The van der Waals surface area contributed by atoms with Crippen LogP contribution in [0.1, 0.15) is 32.3 Å². The first-order valence-electron chi connectivity index (χ1n) is 11.5. The number of hydrogen-bond donors (Lipinski definition) is 0. The van der Waals surface area contributed by atoms with Gasteiger partial charge in [0.25, 0.3) is 6.43 Å². The summed E-state index contributed by atoms with van der Waals surface area (Å²) < 4.78 is 66.6.